The molecular weight excluding hydrogens is 108 g/mol. The predicted molar refractivity (Wildman–Crippen MR) is 39.2 cm³/mol. The van der Waals surface area contributed by atoms with Crippen LogP contribution in [0.1, 0.15) is 39.5 Å². The maximum absolute atomic E-state index is 2.45. The van der Waals surface area contributed by atoms with Crippen molar-refractivity contribution < 1.29 is 0 Å². The minimum atomic E-state index is 0.874. The van der Waals surface area contributed by atoms with Gasteiger partial charge in [0.2, 0.25) is 0 Å². The van der Waals surface area contributed by atoms with Crippen LogP contribution < -0.4 is 0 Å². The van der Waals surface area contributed by atoms with Crippen molar-refractivity contribution in [1.29, 1.82) is 0 Å². The molecule has 2 saturated carbocycles. The van der Waals surface area contributed by atoms with Crippen LogP contribution in [-0.2, 0) is 0 Å². The lowest BCUT2D eigenvalue weighted by Gasteiger charge is -2.15. The van der Waals surface area contributed by atoms with Crippen LogP contribution in [0.15, 0.2) is 0 Å². The monoisotopic (exact) mass is 124 g/mol. The molecule has 0 aromatic rings. The Morgan fingerprint density at radius 1 is 1.11 bits per heavy atom. The molecule has 0 heteroatoms. The molecule has 2 rings (SSSR count). The topological polar surface area (TPSA) is 0 Å². The second-order valence-electron chi connectivity index (χ2n) is 4.17. The van der Waals surface area contributed by atoms with Crippen molar-refractivity contribution >= 4 is 0 Å². The van der Waals surface area contributed by atoms with Crippen LogP contribution in [0.2, 0.25) is 0 Å². The van der Waals surface area contributed by atoms with Crippen molar-refractivity contribution in [2.45, 2.75) is 39.5 Å². The molecule has 0 bridgehead atoms. The largest absolute Gasteiger partial charge is 0.0622 e. The Labute approximate surface area is 57.6 Å². The highest BCUT2D eigenvalue weighted by molar-refractivity contribution is 5.02. The zero-order valence-corrected chi connectivity index (χ0v) is 6.48. The van der Waals surface area contributed by atoms with Gasteiger partial charge < -0.3 is 0 Å². The maximum Gasteiger partial charge on any atom is -0.0269 e. The summed E-state index contributed by atoms with van der Waals surface area (Å²) in [5, 5.41) is 0. The lowest BCUT2D eigenvalue weighted by molar-refractivity contribution is 0.338. The first kappa shape index (κ1) is 5.76. The van der Waals surface area contributed by atoms with Gasteiger partial charge in [0.25, 0.3) is 0 Å². The Hall–Kier alpha value is 0. The molecule has 0 N–H and O–H groups in total. The molecule has 0 nitrogen and oxygen atoms in total. The van der Waals surface area contributed by atoms with E-state index in [2.05, 4.69) is 13.8 Å². The van der Waals surface area contributed by atoms with Crippen molar-refractivity contribution in [2.75, 3.05) is 0 Å². The summed E-state index contributed by atoms with van der Waals surface area (Å²) in [6.07, 6.45) is 6.12. The molecule has 52 valence electrons. The van der Waals surface area contributed by atoms with Crippen molar-refractivity contribution in [2.24, 2.45) is 17.3 Å². The smallest absolute Gasteiger partial charge is 0.0269 e. The van der Waals surface area contributed by atoms with Gasteiger partial charge in [0.1, 0.15) is 0 Å². The summed E-state index contributed by atoms with van der Waals surface area (Å²) in [7, 11) is 0. The van der Waals surface area contributed by atoms with Crippen LogP contribution in [0.4, 0.5) is 0 Å². The summed E-state index contributed by atoms with van der Waals surface area (Å²) in [5.41, 5.74) is 0.874. The lowest BCUT2D eigenvalue weighted by atomic mass is 9.90. The van der Waals surface area contributed by atoms with Crippen molar-refractivity contribution in [1.82, 2.24) is 0 Å². The SMILES string of the molecule is CC1CCC2(CC2)[C@@H]1C. The summed E-state index contributed by atoms with van der Waals surface area (Å²) < 4.78 is 0. The van der Waals surface area contributed by atoms with E-state index in [0.717, 1.165) is 17.3 Å². The molecule has 0 saturated heterocycles. The minimum absolute atomic E-state index is 0.874. The predicted octanol–water partition coefficient (Wildman–Crippen LogP) is 2.83. The van der Waals surface area contributed by atoms with Crippen molar-refractivity contribution in [3.8, 4) is 0 Å². The van der Waals surface area contributed by atoms with Gasteiger partial charge in [-0.1, -0.05) is 13.8 Å². The van der Waals surface area contributed by atoms with Crippen LogP contribution in [0.25, 0.3) is 0 Å². The van der Waals surface area contributed by atoms with E-state index in [1.165, 1.54) is 12.8 Å². The Morgan fingerprint density at radius 2 is 1.78 bits per heavy atom. The van der Waals surface area contributed by atoms with E-state index in [0.29, 0.717) is 0 Å². The van der Waals surface area contributed by atoms with Gasteiger partial charge in [0.15, 0.2) is 0 Å². The van der Waals surface area contributed by atoms with Gasteiger partial charge in [-0.05, 0) is 42.9 Å². The third-order valence-corrected chi connectivity index (χ3v) is 3.81. The fourth-order valence-corrected chi connectivity index (χ4v) is 2.46. The van der Waals surface area contributed by atoms with E-state index in [4.69, 9.17) is 0 Å². The van der Waals surface area contributed by atoms with Gasteiger partial charge in [0, 0.05) is 0 Å². The highest BCUT2D eigenvalue weighted by atomic mass is 14.6. The standard InChI is InChI=1S/C9H16/c1-7-3-4-9(5-6-9)8(7)2/h7-8H,3-6H2,1-2H3/t7?,8-/m1/s1. The van der Waals surface area contributed by atoms with Gasteiger partial charge >= 0.3 is 0 Å². The molecule has 2 aliphatic rings. The molecule has 0 radical (unpaired) electrons. The Bertz CT molecular complexity index is 122. The van der Waals surface area contributed by atoms with Gasteiger partial charge in [-0.2, -0.15) is 0 Å². The fourth-order valence-electron chi connectivity index (χ4n) is 2.46. The van der Waals surface area contributed by atoms with E-state index in [1.54, 1.807) is 12.8 Å². The Balaban J connectivity index is 2.13. The number of hydrogen-bond acceptors (Lipinski definition) is 0. The molecule has 2 atom stereocenters. The zero-order valence-electron chi connectivity index (χ0n) is 6.48. The average molecular weight is 124 g/mol. The van der Waals surface area contributed by atoms with Crippen LogP contribution in [0, 0.1) is 17.3 Å². The van der Waals surface area contributed by atoms with Crippen molar-refractivity contribution in [3.63, 3.8) is 0 Å². The first-order valence-electron chi connectivity index (χ1n) is 4.25. The summed E-state index contributed by atoms with van der Waals surface area (Å²) in [5.74, 6) is 2.06. The molecule has 2 fully saturated rings. The quantitative estimate of drug-likeness (QED) is 0.466. The van der Waals surface area contributed by atoms with Gasteiger partial charge in [-0.15, -0.1) is 0 Å². The molecular formula is C9H16. The summed E-state index contributed by atoms with van der Waals surface area (Å²) in [6.45, 7) is 4.86. The van der Waals surface area contributed by atoms with Gasteiger partial charge in [-0.3, -0.25) is 0 Å². The molecule has 0 aromatic carbocycles. The maximum atomic E-state index is 2.45. The second-order valence-corrected chi connectivity index (χ2v) is 4.17. The number of hydrogen-bond donors (Lipinski definition) is 0. The van der Waals surface area contributed by atoms with Crippen LogP contribution in [0.3, 0.4) is 0 Å². The molecule has 1 unspecified atom stereocenters. The molecule has 9 heavy (non-hydrogen) atoms. The first-order chi connectivity index (χ1) is 4.25. The van der Waals surface area contributed by atoms with E-state index in [9.17, 15) is 0 Å². The van der Waals surface area contributed by atoms with E-state index < -0.39 is 0 Å². The minimum Gasteiger partial charge on any atom is -0.0622 e. The fraction of sp³-hybridized carbons (Fsp3) is 1.00. The third kappa shape index (κ3) is 0.653. The van der Waals surface area contributed by atoms with E-state index in [-0.39, 0.29) is 0 Å². The normalized spacial score (nSPS) is 46.0. The van der Waals surface area contributed by atoms with E-state index >= 15 is 0 Å². The van der Waals surface area contributed by atoms with Crippen molar-refractivity contribution in [3.05, 3.63) is 0 Å². The van der Waals surface area contributed by atoms with Gasteiger partial charge in [-0.25, -0.2) is 0 Å². The third-order valence-electron chi connectivity index (χ3n) is 3.81. The van der Waals surface area contributed by atoms with Gasteiger partial charge in [0.05, 0.1) is 0 Å². The second kappa shape index (κ2) is 1.53. The van der Waals surface area contributed by atoms with Crippen LogP contribution in [-0.4, -0.2) is 0 Å². The zero-order chi connectivity index (χ0) is 6.48. The highest BCUT2D eigenvalue weighted by Crippen LogP contribution is 2.62. The van der Waals surface area contributed by atoms with Crippen LogP contribution in [0.5, 0.6) is 0 Å². The highest BCUT2D eigenvalue weighted by Gasteiger charge is 2.52. The molecule has 2 aliphatic carbocycles. The Kier molecular flexibility index (Phi) is 0.980. The molecule has 1 spiro atoms. The summed E-state index contributed by atoms with van der Waals surface area (Å²) in [4.78, 5) is 0. The molecule has 0 aliphatic heterocycles. The van der Waals surface area contributed by atoms with Crippen LogP contribution >= 0.6 is 0 Å². The number of rotatable bonds is 0. The molecule has 0 heterocycles. The Morgan fingerprint density at radius 3 is 2.00 bits per heavy atom. The molecule has 0 amide bonds. The van der Waals surface area contributed by atoms with E-state index in [1.807, 2.05) is 0 Å². The summed E-state index contributed by atoms with van der Waals surface area (Å²) in [6, 6.07) is 0. The first-order valence-corrected chi connectivity index (χ1v) is 4.25. The average Bonchev–Trinajstić information content (AvgIpc) is 2.57. The molecule has 0 aromatic heterocycles. The summed E-state index contributed by atoms with van der Waals surface area (Å²) >= 11 is 0. The lowest BCUT2D eigenvalue weighted by Crippen LogP contribution is -2.08.